The predicted molar refractivity (Wildman–Crippen MR) is 79.0 cm³/mol. The Morgan fingerprint density at radius 1 is 1.20 bits per heavy atom. The molecule has 0 aliphatic heterocycles. The van der Waals surface area contributed by atoms with E-state index in [2.05, 4.69) is 6.92 Å². The lowest BCUT2D eigenvalue weighted by Crippen LogP contribution is -2.24. The fourth-order valence-corrected chi connectivity index (χ4v) is 1.63. The lowest BCUT2D eigenvalue weighted by Gasteiger charge is -2.20. The molecule has 0 bridgehead atoms. The highest BCUT2D eigenvalue weighted by Crippen LogP contribution is 2.16. The normalized spacial score (nSPS) is 13.2. The van der Waals surface area contributed by atoms with Gasteiger partial charge in [-0.1, -0.05) is 20.8 Å². The summed E-state index contributed by atoms with van der Waals surface area (Å²) in [6.45, 7) is 13.7. The van der Waals surface area contributed by atoms with Gasteiger partial charge >= 0.3 is 11.9 Å². The van der Waals surface area contributed by atoms with Crippen LogP contribution in [0.15, 0.2) is 0 Å². The maximum atomic E-state index is 11.8. The van der Waals surface area contributed by atoms with E-state index in [4.69, 9.17) is 9.47 Å². The number of rotatable bonds is 8. The molecule has 0 spiro atoms. The van der Waals surface area contributed by atoms with Gasteiger partial charge in [0.15, 0.2) is 0 Å². The van der Waals surface area contributed by atoms with Crippen LogP contribution in [-0.4, -0.2) is 24.1 Å². The molecule has 117 valence electrons. The van der Waals surface area contributed by atoms with Crippen molar-refractivity contribution in [2.24, 2.45) is 11.8 Å². The van der Waals surface area contributed by atoms with Crippen molar-refractivity contribution >= 4 is 11.9 Å². The Morgan fingerprint density at radius 3 is 2.25 bits per heavy atom. The zero-order chi connectivity index (χ0) is 15.8. The monoisotopic (exact) mass is 285 g/mol. The molecule has 1 radical (unpaired) electrons. The average molecular weight is 285 g/mol. The van der Waals surface area contributed by atoms with Crippen molar-refractivity contribution in [3.8, 4) is 0 Å². The molecule has 0 heterocycles. The maximum Gasteiger partial charge on any atom is 0.308 e. The van der Waals surface area contributed by atoms with E-state index in [0.29, 0.717) is 38.2 Å². The van der Waals surface area contributed by atoms with Gasteiger partial charge in [0, 0.05) is 6.42 Å². The highest BCUT2D eigenvalue weighted by Gasteiger charge is 2.20. The molecule has 0 aromatic heterocycles. The van der Waals surface area contributed by atoms with E-state index in [1.165, 1.54) is 0 Å². The van der Waals surface area contributed by atoms with E-state index < -0.39 is 5.60 Å². The van der Waals surface area contributed by atoms with Crippen molar-refractivity contribution in [1.82, 2.24) is 0 Å². The van der Waals surface area contributed by atoms with Gasteiger partial charge in [-0.15, -0.1) is 0 Å². The molecule has 0 saturated heterocycles. The Labute approximate surface area is 123 Å². The summed E-state index contributed by atoms with van der Waals surface area (Å²) in [6, 6.07) is 0. The molecule has 0 aliphatic carbocycles. The third kappa shape index (κ3) is 9.82. The Kier molecular flexibility index (Phi) is 8.51. The predicted octanol–water partition coefficient (Wildman–Crippen LogP) is 3.54. The molecule has 0 aromatic rings. The van der Waals surface area contributed by atoms with Gasteiger partial charge in [-0.3, -0.25) is 9.59 Å². The summed E-state index contributed by atoms with van der Waals surface area (Å²) >= 11 is 0. The van der Waals surface area contributed by atoms with Crippen molar-refractivity contribution in [2.75, 3.05) is 6.61 Å². The van der Waals surface area contributed by atoms with E-state index in [1.54, 1.807) is 0 Å². The van der Waals surface area contributed by atoms with Gasteiger partial charge in [0.05, 0.1) is 12.5 Å². The van der Waals surface area contributed by atoms with Gasteiger partial charge in [0.25, 0.3) is 0 Å². The Balaban J connectivity index is 4.01. The minimum absolute atomic E-state index is 0.210. The van der Waals surface area contributed by atoms with E-state index >= 15 is 0 Å². The number of carbonyl (C=O) groups excluding carboxylic acids is 2. The molecular weight excluding hydrogens is 256 g/mol. The van der Waals surface area contributed by atoms with Gasteiger partial charge in [0.1, 0.15) is 5.60 Å². The fourth-order valence-electron chi connectivity index (χ4n) is 1.63. The van der Waals surface area contributed by atoms with Crippen LogP contribution < -0.4 is 0 Å². The molecule has 0 rings (SSSR count). The zero-order valence-corrected chi connectivity index (χ0v) is 13.5. The standard InChI is InChI=1S/C16H29O4/c1-7-13(15(18)19-11-12(2)3)9-8-10-14(17)20-16(4,5)6/h12-13H,1,7-11H2,2-6H3. The average Bonchev–Trinajstić information content (AvgIpc) is 2.29. The first-order chi connectivity index (χ1) is 9.15. The number of hydrogen-bond acceptors (Lipinski definition) is 4. The molecule has 1 atom stereocenters. The molecule has 0 amide bonds. The summed E-state index contributed by atoms with van der Waals surface area (Å²) in [5.74, 6) is -0.337. The minimum atomic E-state index is -0.459. The summed E-state index contributed by atoms with van der Waals surface area (Å²) in [5.41, 5.74) is -0.459. The lowest BCUT2D eigenvalue weighted by atomic mass is 9.99. The number of esters is 2. The van der Waals surface area contributed by atoms with E-state index in [9.17, 15) is 9.59 Å². The van der Waals surface area contributed by atoms with Crippen LogP contribution in [0.3, 0.4) is 0 Å². The summed E-state index contributed by atoms with van der Waals surface area (Å²) in [5, 5.41) is 0. The largest absolute Gasteiger partial charge is 0.465 e. The van der Waals surface area contributed by atoms with Gasteiger partial charge in [-0.2, -0.15) is 0 Å². The molecule has 20 heavy (non-hydrogen) atoms. The van der Waals surface area contributed by atoms with Crippen LogP contribution in [0.1, 0.15) is 60.3 Å². The van der Waals surface area contributed by atoms with Crippen molar-refractivity contribution in [3.05, 3.63) is 6.92 Å². The molecule has 0 aliphatic rings. The van der Waals surface area contributed by atoms with Gasteiger partial charge in [-0.05, 0) is 46.0 Å². The molecule has 0 aromatic carbocycles. The number of ether oxygens (including phenoxy) is 2. The van der Waals surface area contributed by atoms with Crippen LogP contribution in [0.5, 0.6) is 0 Å². The Morgan fingerprint density at radius 2 is 1.80 bits per heavy atom. The summed E-state index contributed by atoms with van der Waals surface area (Å²) in [4.78, 5) is 23.4. The summed E-state index contributed by atoms with van der Waals surface area (Å²) < 4.78 is 10.4. The topological polar surface area (TPSA) is 52.6 Å². The third-order valence-electron chi connectivity index (χ3n) is 2.59. The molecule has 0 fully saturated rings. The quantitative estimate of drug-likeness (QED) is 0.640. The second-order valence-corrected chi connectivity index (χ2v) is 6.49. The molecule has 0 saturated carbocycles. The number of hydrogen-bond donors (Lipinski definition) is 0. The smallest absolute Gasteiger partial charge is 0.308 e. The van der Waals surface area contributed by atoms with E-state index in [-0.39, 0.29) is 17.9 Å². The first-order valence-corrected chi connectivity index (χ1v) is 7.33. The molecule has 1 unspecified atom stereocenters. The summed E-state index contributed by atoms with van der Waals surface area (Å²) in [6.07, 6.45) is 2.04. The SMILES string of the molecule is [CH2]CC(CCCC(=O)OC(C)(C)C)C(=O)OCC(C)C. The minimum Gasteiger partial charge on any atom is -0.465 e. The molecule has 4 nitrogen and oxygen atoms in total. The summed E-state index contributed by atoms with van der Waals surface area (Å²) in [7, 11) is 0. The fraction of sp³-hybridized carbons (Fsp3) is 0.812. The van der Waals surface area contributed by atoms with Crippen LogP contribution in [0.25, 0.3) is 0 Å². The lowest BCUT2D eigenvalue weighted by molar-refractivity contribution is -0.156. The first-order valence-electron chi connectivity index (χ1n) is 7.33. The number of carbonyl (C=O) groups is 2. The van der Waals surface area contributed by atoms with Crippen molar-refractivity contribution in [3.63, 3.8) is 0 Å². The van der Waals surface area contributed by atoms with Crippen LogP contribution in [0.4, 0.5) is 0 Å². The van der Waals surface area contributed by atoms with Crippen molar-refractivity contribution < 1.29 is 19.1 Å². The molecule has 0 N–H and O–H groups in total. The maximum absolute atomic E-state index is 11.8. The highest BCUT2D eigenvalue weighted by atomic mass is 16.6. The van der Waals surface area contributed by atoms with E-state index in [0.717, 1.165) is 0 Å². The third-order valence-corrected chi connectivity index (χ3v) is 2.59. The molecule has 4 heteroatoms. The van der Waals surface area contributed by atoms with Gasteiger partial charge in [0.2, 0.25) is 0 Å². The van der Waals surface area contributed by atoms with Crippen LogP contribution >= 0.6 is 0 Å². The van der Waals surface area contributed by atoms with E-state index in [1.807, 2.05) is 34.6 Å². The van der Waals surface area contributed by atoms with Crippen molar-refractivity contribution in [2.45, 2.75) is 65.9 Å². The highest BCUT2D eigenvalue weighted by molar-refractivity contribution is 5.73. The van der Waals surface area contributed by atoms with Crippen LogP contribution in [-0.2, 0) is 19.1 Å². The van der Waals surface area contributed by atoms with Crippen LogP contribution in [0, 0.1) is 18.8 Å². The second-order valence-electron chi connectivity index (χ2n) is 6.49. The Hall–Kier alpha value is -1.06. The van der Waals surface area contributed by atoms with Crippen molar-refractivity contribution in [1.29, 1.82) is 0 Å². The van der Waals surface area contributed by atoms with Gasteiger partial charge < -0.3 is 9.47 Å². The first kappa shape index (κ1) is 18.9. The molecular formula is C16H29O4. The van der Waals surface area contributed by atoms with Crippen LogP contribution in [0.2, 0.25) is 0 Å². The zero-order valence-electron chi connectivity index (χ0n) is 13.5. The second kappa shape index (κ2) is 8.98. The Bertz CT molecular complexity index is 302. The van der Waals surface area contributed by atoms with Gasteiger partial charge in [-0.25, -0.2) is 0 Å².